The molecule has 2 N–H and O–H groups in total. The molecule has 0 aliphatic carbocycles. The standard InChI is InChI=1S/C18H29N3O5/c1-22-12-8-20-17(19-7-4-15-3-2-9-24-15)21-13-16-14-25-18(26-16)5-10-23-11-6-18/h2-3,9,16H,4-8,10-14H2,1H3,(H2,19,20,21). The lowest BCUT2D eigenvalue weighted by molar-refractivity contribution is -0.210. The molecule has 2 fully saturated rings. The maximum Gasteiger partial charge on any atom is 0.191 e. The van der Waals surface area contributed by atoms with Crippen LogP contribution in [0.5, 0.6) is 0 Å². The molecule has 8 nitrogen and oxygen atoms in total. The molecule has 0 radical (unpaired) electrons. The molecule has 3 rings (SSSR count). The second kappa shape index (κ2) is 9.91. The first-order chi connectivity index (χ1) is 12.8. The van der Waals surface area contributed by atoms with E-state index in [0.29, 0.717) is 39.5 Å². The van der Waals surface area contributed by atoms with Gasteiger partial charge < -0.3 is 34.0 Å². The van der Waals surface area contributed by atoms with Crippen molar-refractivity contribution in [3.8, 4) is 0 Å². The summed E-state index contributed by atoms with van der Waals surface area (Å²) < 4.78 is 27.9. The first-order valence-corrected chi connectivity index (χ1v) is 9.23. The number of furan rings is 1. The Morgan fingerprint density at radius 2 is 2.15 bits per heavy atom. The molecule has 0 saturated carbocycles. The molecule has 2 aliphatic heterocycles. The van der Waals surface area contributed by atoms with E-state index >= 15 is 0 Å². The Bertz CT molecular complexity index is 543. The first kappa shape index (κ1) is 19.2. The highest BCUT2D eigenvalue weighted by Crippen LogP contribution is 2.33. The summed E-state index contributed by atoms with van der Waals surface area (Å²) >= 11 is 0. The fraction of sp³-hybridized carbons (Fsp3) is 0.722. The molecule has 2 aliphatic rings. The number of nitrogens with one attached hydrogen (secondary N) is 2. The average Bonchev–Trinajstić information content (AvgIpc) is 3.31. The zero-order valence-electron chi connectivity index (χ0n) is 15.4. The number of guanidine groups is 1. The van der Waals surface area contributed by atoms with E-state index < -0.39 is 5.79 Å². The number of ether oxygens (including phenoxy) is 4. The maximum atomic E-state index is 6.12. The highest BCUT2D eigenvalue weighted by molar-refractivity contribution is 5.79. The Labute approximate surface area is 154 Å². The van der Waals surface area contributed by atoms with E-state index in [1.54, 1.807) is 13.4 Å². The smallest absolute Gasteiger partial charge is 0.191 e. The summed E-state index contributed by atoms with van der Waals surface area (Å²) in [6.45, 7) is 4.53. The lowest BCUT2D eigenvalue weighted by Gasteiger charge is -2.31. The van der Waals surface area contributed by atoms with Crippen molar-refractivity contribution in [2.45, 2.75) is 31.2 Å². The zero-order valence-corrected chi connectivity index (χ0v) is 15.4. The second-order valence-electron chi connectivity index (χ2n) is 6.44. The van der Waals surface area contributed by atoms with Gasteiger partial charge in [-0.05, 0) is 12.1 Å². The van der Waals surface area contributed by atoms with Gasteiger partial charge in [-0.1, -0.05) is 0 Å². The molecule has 0 aromatic carbocycles. The summed E-state index contributed by atoms with van der Waals surface area (Å²) in [4.78, 5) is 4.65. The molecule has 3 heterocycles. The molecule has 1 aromatic heterocycles. The summed E-state index contributed by atoms with van der Waals surface area (Å²) in [5.74, 6) is 1.22. The second-order valence-corrected chi connectivity index (χ2v) is 6.44. The minimum absolute atomic E-state index is 0.0285. The van der Waals surface area contributed by atoms with Crippen molar-refractivity contribution in [1.29, 1.82) is 0 Å². The lowest BCUT2D eigenvalue weighted by Crippen LogP contribution is -2.41. The van der Waals surface area contributed by atoms with Crippen molar-refractivity contribution in [1.82, 2.24) is 10.6 Å². The van der Waals surface area contributed by atoms with Gasteiger partial charge in [-0.25, -0.2) is 0 Å². The Balaban J connectivity index is 1.46. The normalized spacial score (nSPS) is 22.7. The molecule has 0 amide bonds. The Morgan fingerprint density at radius 3 is 2.92 bits per heavy atom. The van der Waals surface area contributed by atoms with E-state index in [2.05, 4.69) is 15.6 Å². The van der Waals surface area contributed by atoms with Gasteiger partial charge in [-0.3, -0.25) is 4.99 Å². The number of hydrogen-bond donors (Lipinski definition) is 2. The van der Waals surface area contributed by atoms with Crippen LogP contribution in [0.4, 0.5) is 0 Å². The van der Waals surface area contributed by atoms with Gasteiger partial charge in [0.15, 0.2) is 11.7 Å². The van der Waals surface area contributed by atoms with Crippen molar-refractivity contribution in [3.05, 3.63) is 24.2 Å². The number of nitrogens with zero attached hydrogens (tertiary/aromatic N) is 1. The van der Waals surface area contributed by atoms with Crippen molar-refractivity contribution < 1.29 is 23.4 Å². The van der Waals surface area contributed by atoms with E-state index in [4.69, 9.17) is 23.4 Å². The summed E-state index contributed by atoms with van der Waals surface area (Å²) in [5, 5.41) is 6.58. The third-order valence-electron chi connectivity index (χ3n) is 4.46. The minimum atomic E-state index is -0.463. The van der Waals surface area contributed by atoms with E-state index in [0.717, 1.165) is 37.5 Å². The molecular formula is C18H29N3O5. The topological polar surface area (TPSA) is 86.5 Å². The maximum absolute atomic E-state index is 6.12. The fourth-order valence-electron chi connectivity index (χ4n) is 3.05. The first-order valence-electron chi connectivity index (χ1n) is 9.23. The van der Waals surface area contributed by atoms with Crippen LogP contribution < -0.4 is 10.6 Å². The summed E-state index contributed by atoms with van der Waals surface area (Å²) in [7, 11) is 1.68. The molecule has 1 unspecified atom stereocenters. The van der Waals surface area contributed by atoms with Gasteiger partial charge in [-0.15, -0.1) is 0 Å². The average molecular weight is 367 g/mol. The molecule has 1 aromatic rings. The number of hydrogen-bond acceptors (Lipinski definition) is 6. The summed E-state index contributed by atoms with van der Waals surface area (Å²) in [6, 6.07) is 3.86. The van der Waals surface area contributed by atoms with Crippen molar-refractivity contribution >= 4 is 5.96 Å². The number of methoxy groups -OCH3 is 1. The van der Waals surface area contributed by atoms with Gasteiger partial charge in [-0.2, -0.15) is 0 Å². The van der Waals surface area contributed by atoms with Crippen molar-refractivity contribution in [2.75, 3.05) is 53.2 Å². The molecule has 8 heteroatoms. The van der Waals surface area contributed by atoms with E-state index in [9.17, 15) is 0 Å². The third-order valence-corrected chi connectivity index (χ3v) is 4.46. The van der Waals surface area contributed by atoms with E-state index in [1.807, 2.05) is 12.1 Å². The third kappa shape index (κ3) is 5.70. The largest absolute Gasteiger partial charge is 0.469 e. The van der Waals surface area contributed by atoms with Crippen LogP contribution in [0.25, 0.3) is 0 Å². The highest BCUT2D eigenvalue weighted by Gasteiger charge is 2.42. The predicted octanol–water partition coefficient (Wildman–Crippen LogP) is 0.926. The predicted molar refractivity (Wildman–Crippen MR) is 96.2 cm³/mol. The van der Waals surface area contributed by atoms with Crippen LogP contribution in [0.15, 0.2) is 27.8 Å². The molecule has 26 heavy (non-hydrogen) atoms. The van der Waals surface area contributed by atoms with Crippen LogP contribution in [0.2, 0.25) is 0 Å². The minimum Gasteiger partial charge on any atom is -0.469 e. The highest BCUT2D eigenvalue weighted by atomic mass is 16.7. The summed E-state index contributed by atoms with van der Waals surface area (Å²) in [5.41, 5.74) is 0. The quantitative estimate of drug-likeness (QED) is 0.401. The molecule has 0 bridgehead atoms. The van der Waals surface area contributed by atoms with E-state index in [1.165, 1.54) is 0 Å². The molecular weight excluding hydrogens is 338 g/mol. The fourth-order valence-corrected chi connectivity index (χ4v) is 3.05. The van der Waals surface area contributed by atoms with Crippen LogP contribution in [0.3, 0.4) is 0 Å². The van der Waals surface area contributed by atoms with Crippen molar-refractivity contribution in [2.24, 2.45) is 4.99 Å². The monoisotopic (exact) mass is 367 g/mol. The van der Waals surface area contributed by atoms with Gasteiger partial charge >= 0.3 is 0 Å². The molecule has 146 valence electrons. The van der Waals surface area contributed by atoms with Crippen LogP contribution >= 0.6 is 0 Å². The van der Waals surface area contributed by atoms with Crippen LogP contribution in [0, 0.1) is 0 Å². The van der Waals surface area contributed by atoms with E-state index in [-0.39, 0.29) is 6.10 Å². The zero-order chi connectivity index (χ0) is 18.1. The molecule has 2 saturated heterocycles. The Morgan fingerprint density at radius 1 is 1.31 bits per heavy atom. The van der Waals surface area contributed by atoms with Crippen LogP contribution in [-0.2, 0) is 25.4 Å². The van der Waals surface area contributed by atoms with Crippen LogP contribution in [0.1, 0.15) is 18.6 Å². The van der Waals surface area contributed by atoms with Gasteiger partial charge in [0.2, 0.25) is 0 Å². The Hall–Kier alpha value is -1.61. The van der Waals surface area contributed by atoms with Gasteiger partial charge in [0.1, 0.15) is 11.9 Å². The number of aliphatic imine (C=N–C) groups is 1. The summed E-state index contributed by atoms with van der Waals surface area (Å²) in [6.07, 6.45) is 4.02. The number of rotatable bonds is 8. The molecule has 1 atom stereocenters. The SMILES string of the molecule is COCCNC(=NCC1COC2(CCOCC2)O1)NCCc1ccco1. The van der Waals surface area contributed by atoms with Crippen LogP contribution in [-0.4, -0.2) is 71.0 Å². The molecule has 1 spiro atoms. The Kier molecular flexibility index (Phi) is 7.31. The van der Waals surface area contributed by atoms with Crippen molar-refractivity contribution in [3.63, 3.8) is 0 Å². The van der Waals surface area contributed by atoms with Gasteiger partial charge in [0, 0.05) is 39.5 Å². The lowest BCUT2D eigenvalue weighted by atomic mass is 10.1. The van der Waals surface area contributed by atoms with Gasteiger partial charge in [0.25, 0.3) is 0 Å². The van der Waals surface area contributed by atoms with Gasteiger partial charge in [0.05, 0.1) is 39.2 Å².